The molecule has 2 atom stereocenters. The number of hydrogen-bond donors (Lipinski definition) is 3. The standard InChI is InChI=1S/C24H25N5O3/c25-23(31)21-13-16(29-20-8-4-3-7-19(20)27-24(29)32)11-12-28(21)22(30)10-9-15-14-26-18-6-2-1-5-17(15)18/h1-8,14,16,21,26H,9-13H2,(H2,25,31)(H,27,32). The highest BCUT2D eigenvalue weighted by Gasteiger charge is 2.36. The van der Waals surface area contributed by atoms with Crippen molar-refractivity contribution in [3.63, 3.8) is 0 Å². The summed E-state index contributed by atoms with van der Waals surface area (Å²) in [5.74, 6) is -0.633. The van der Waals surface area contributed by atoms with Crippen molar-refractivity contribution >= 4 is 33.8 Å². The van der Waals surface area contributed by atoms with Crippen molar-refractivity contribution < 1.29 is 9.59 Å². The summed E-state index contributed by atoms with van der Waals surface area (Å²) in [6, 6.07) is 14.5. The van der Waals surface area contributed by atoms with Gasteiger partial charge in [-0.1, -0.05) is 30.3 Å². The maximum atomic E-state index is 13.0. The van der Waals surface area contributed by atoms with Crippen molar-refractivity contribution in [2.75, 3.05) is 6.54 Å². The third-order valence-electron chi connectivity index (χ3n) is 6.50. The van der Waals surface area contributed by atoms with E-state index in [1.54, 1.807) is 9.47 Å². The second-order valence-electron chi connectivity index (χ2n) is 8.36. The van der Waals surface area contributed by atoms with Gasteiger partial charge in [-0.25, -0.2) is 4.79 Å². The number of aromatic nitrogens is 3. The smallest absolute Gasteiger partial charge is 0.326 e. The highest BCUT2D eigenvalue weighted by atomic mass is 16.2. The number of likely N-dealkylation sites (tertiary alicyclic amines) is 1. The molecule has 3 heterocycles. The molecule has 1 aliphatic heterocycles. The van der Waals surface area contributed by atoms with Crippen LogP contribution in [-0.4, -0.2) is 43.8 Å². The summed E-state index contributed by atoms with van der Waals surface area (Å²) in [7, 11) is 0. The van der Waals surface area contributed by atoms with E-state index < -0.39 is 11.9 Å². The van der Waals surface area contributed by atoms with E-state index in [9.17, 15) is 14.4 Å². The molecule has 0 aliphatic carbocycles. The third kappa shape index (κ3) is 3.47. The van der Waals surface area contributed by atoms with Crippen LogP contribution in [-0.2, 0) is 16.0 Å². The summed E-state index contributed by atoms with van der Waals surface area (Å²) >= 11 is 0. The Balaban J connectivity index is 1.33. The first-order valence-corrected chi connectivity index (χ1v) is 10.9. The number of benzene rings is 2. The molecule has 0 bridgehead atoms. The Kier molecular flexibility index (Phi) is 5.05. The topological polar surface area (TPSA) is 117 Å². The molecule has 32 heavy (non-hydrogen) atoms. The highest BCUT2D eigenvalue weighted by molar-refractivity contribution is 5.88. The number of imidazole rings is 1. The number of nitrogens with two attached hydrogens (primary N) is 1. The van der Waals surface area contributed by atoms with Gasteiger partial charge in [-0.05, 0) is 43.0 Å². The number of para-hydroxylation sites is 3. The van der Waals surface area contributed by atoms with E-state index >= 15 is 0 Å². The van der Waals surface area contributed by atoms with Crippen LogP contribution in [0.15, 0.2) is 59.5 Å². The third-order valence-corrected chi connectivity index (χ3v) is 6.50. The fourth-order valence-corrected chi connectivity index (χ4v) is 4.91. The summed E-state index contributed by atoms with van der Waals surface area (Å²) in [6.45, 7) is 0.386. The van der Waals surface area contributed by atoms with Crippen LogP contribution in [0.1, 0.15) is 30.9 Å². The number of primary amides is 1. The Labute approximate surface area is 184 Å². The van der Waals surface area contributed by atoms with Crippen molar-refractivity contribution in [1.82, 2.24) is 19.4 Å². The van der Waals surface area contributed by atoms with Crippen LogP contribution in [0.2, 0.25) is 0 Å². The Bertz CT molecular complexity index is 1360. The van der Waals surface area contributed by atoms with E-state index in [0.717, 1.165) is 27.5 Å². The molecule has 0 spiro atoms. The second kappa shape index (κ2) is 8.03. The SMILES string of the molecule is NC(=O)C1CC(n2c(=O)[nH]c3ccccc32)CCN1C(=O)CCc1c[nH]c2ccccc12. The van der Waals surface area contributed by atoms with Crippen molar-refractivity contribution in [3.05, 3.63) is 70.8 Å². The molecule has 2 amide bonds. The van der Waals surface area contributed by atoms with Crippen LogP contribution >= 0.6 is 0 Å². The van der Waals surface area contributed by atoms with Crippen molar-refractivity contribution in [2.24, 2.45) is 5.73 Å². The molecule has 2 aromatic heterocycles. The summed E-state index contributed by atoms with van der Waals surface area (Å²) < 4.78 is 1.69. The zero-order valence-electron chi connectivity index (χ0n) is 17.6. The zero-order valence-corrected chi connectivity index (χ0v) is 17.6. The Morgan fingerprint density at radius 2 is 1.81 bits per heavy atom. The first-order chi connectivity index (χ1) is 15.5. The average molecular weight is 431 g/mol. The van der Waals surface area contributed by atoms with Crippen LogP contribution in [0.25, 0.3) is 21.9 Å². The van der Waals surface area contributed by atoms with E-state index in [2.05, 4.69) is 9.97 Å². The highest BCUT2D eigenvalue weighted by Crippen LogP contribution is 2.29. The predicted molar refractivity (Wildman–Crippen MR) is 122 cm³/mol. The summed E-state index contributed by atoms with van der Waals surface area (Å²) in [6.07, 6.45) is 3.72. The van der Waals surface area contributed by atoms with Crippen molar-refractivity contribution in [1.29, 1.82) is 0 Å². The lowest BCUT2D eigenvalue weighted by atomic mass is 9.95. The molecular formula is C24H25N5O3. The van der Waals surface area contributed by atoms with Gasteiger partial charge in [0, 0.05) is 36.1 Å². The van der Waals surface area contributed by atoms with E-state index in [1.807, 2.05) is 54.7 Å². The van der Waals surface area contributed by atoms with Crippen molar-refractivity contribution in [3.8, 4) is 0 Å². The maximum Gasteiger partial charge on any atom is 0.326 e. The first-order valence-electron chi connectivity index (χ1n) is 10.9. The Morgan fingerprint density at radius 1 is 1.06 bits per heavy atom. The van der Waals surface area contributed by atoms with Crippen LogP contribution in [0.4, 0.5) is 0 Å². The average Bonchev–Trinajstić information content (AvgIpc) is 3.37. The molecular weight excluding hydrogens is 406 g/mol. The molecule has 8 nitrogen and oxygen atoms in total. The normalized spacial score (nSPS) is 18.9. The monoisotopic (exact) mass is 431 g/mol. The van der Waals surface area contributed by atoms with E-state index in [1.165, 1.54) is 0 Å². The van der Waals surface area contributed by atoms with Crippen LogP contribution < -0.4 is 11.4 Å². The van der Waals surface area contributed by atoms with Crippen LogP contribution in [0.3, 0.4) is 0 Å². The van der Waals surface area contributed by atoms with E-state index in [-0.39, 0.29) is 17.6 Å². The minimum atomic E-state index is -0.732. The fourth-order valence-electron chi connectivity index (χ4n) is 4.91. The molecule has 0 radical (unpaired) electrons. The first kappa shape index (κ1) is 20.1. The number of rotatable bonds is 5. The number of aromatic amines is 2. The van der Waals surface area contributed by atoms with Gasteiger partial charge in [0.25, 0.3) is 0 Å². The Hall–Kier alpha value is -3.81. The zero-order chi connectivity index (χ0) is 22.2. The lowest BCUT2D eigenvalue weighted by molar-refractivity contribution is -0.141. The number of hydrogen-bond acceptors (Lipinski definition) is 3. The van der Waals surface area contributed by atoms with Gasteiger partial charge >= 0.3 is 5.69 Å². The van der Waals surface area contributed by atoms with Crippen LogP contribution in [0, 0.1) is 0 Å². The summed E-state index contributed by atoms with van der Waals surface area (Å²) in [4.78, 5) is 45.6. The van der Waals surface area contributed by atoms with Gasteiger partial charge in [-0.3, -0.25) is 14.2 Å². The molecule has 164 valence electrons. The number of nitrogens with one attached hydrogen (secondary N) is 2. The molecule has 1 fully saturated rings. The maximum absolute atomic E-state index is 13.0. The number of amides is 2. The molecule has 2 unspecified atom stereocenters. The number of carbonyl (C=O) groups is 2. The minimum Gasteiger partial charge on any atom is -0.368 e. The van der Waals surface area contributed by atoms with Crippen LogP contribution in [0.5, 0.6) is 0 Å². The number of carbonyl (C=O) groups excluding carboxylic acids is 2. The molecule has 2 aromatic carbocycles. The van der Waals surface area contributed by atoms with Gasteiger partial charge in [0.15, 0.2) is 0 Å². The number of aryl methyl sites for hydroxylation is 1. The van der Waals surface area contributed by atoms with Crippen molar-refractivity contribution in [2.45, 2.75) is 37.8 Å². The van der Waals surface area contributed by atoms with Gasteiger partial charge in [-0.15, -0.1) is 0 Å². The molecule has 5 rings (SSSR count). The number of fused-ring (bicyclic) bond motifs is 2. The van der Waals surface area contributed by atoms with Gasteiger partial charge in [0.05, 0.1) is 11.0 Å². The molecule has 1 aliphatic rings. The van der Waals surface area contributed by atoms with Gasteiger partial charge in [0.2, 0.25) is 11.8 Å². The minimum absolute atomic E-state index is 0.0937. The predicted octanol–water partition coefficient (Wildman–Crippen LogP) is 2.46. The van der Waals surface area contributed by atoms with E-state index in [0.29, 0.717) is 32.2 Å². The molecule has 4 N–H and O–H groups in total. The lowest BCUT2D eigenvalue weighted by Gasteiger charge is -2.38. The van der Waals surface area contributed by atoms with Gasteiger partial charge in [0.1, 0.15) is 6.04 Å². The molecule has 1 saturated heterocycles. The summed E-state index contributed by atoms with van der Waals surface area (Å²) in [5.41, 5.74) is 9.15. The van der Waals surface area contributed by atoms with Gasteiger partial charge in [-0.2, -0.15) is 0 Å². The molecule has 0 saturated carbocycles. The number of piperidine rings is 1. The largest absolute Gasteiger partial charge is 0.368 e. The molecule has 4 aromatic rings. The summed E-state index contributed by atoms with van der Waals surface area (Å²) in [5, 5.41) is 1.10. The molecule has 8 heteroatoms. The quantitative estimate of drug-likeness (QED) is 0.451. The number of H-pyrrole nitrogens is 2. The fraction of sp³-hybridized carbons (Fsp3) is 0.292. The Morgan fingerprint density at radius 3 is 2.62 bits per heavy atom. The van der Waals surface area contributed by atoms with E-state index in [4.69, 9.17) is 5.73 Å². The lowest BCUT2D eigenvalue weighted by Crippen LogP contribution is -2.53. The second-order valence-corrected chi connectivity index (χ2v) is 8.36. The number of nitrogens with zero attached hydrogens (tertiary/aromatic N) is 2. The van der Waals surface area contributed by atoms with Gasteiger partial charge < -0.3 is 20.6 Å².